The Morgan fingerprint density at radius 2 is 2.00 bits per heavy atom. The van der Waals surface area contributed by atoms with E-state index >= 15 is 0 Å². The molecule has 0 unspecified atom stereocenters. The molecule has 0 radical (unpaired) electrons. The number of aldehydes is 1. The molecule has 0 atom stereocenters. The first kappa shape index (κ1) is 14.6. The number of fused-ring (bicyclic) bond motifs is 2. The molecule has 2 heterocycles. The van der Waals surface area contributed by atoms with E-state index in [2.05, 4.69) is 15.3 Å². The quantitative estimate of drug-likeness (QED) is 0.551. The van der Waals surface area contributed by atoms with Gasteiger partial charge in [0.15, 0.2) is 11.4 Å². The number of anilines is 1. The van der Waals surface area contributed by atoms with E-state index in [1.807, 2.05) is 36.4 Å². The lowest BCUT2D eigenvalue weighted by Crippen LogP contribution is -2.04. The number of hydrogen-bond acceptors (Lipinski definition) is 4. The smallest absolute Gasteiger partial charge is 0.223 e. The summed E-state index contributed by atoms with van der Waals surface area (Å²) in [6, 6.07) is 12.0. The van der Waals surface area contributed by atoms with Crippen LogP contribution in [0, 0.1) is 0 Å². The van der Waals surface area contributed by atoms with Crippen molar-refractivity contribution >= 4 is 49.8 Å². The lowest BCUT2D eigenvalue weighted by atomic mass is 10.0. The van der Waals surface area contributed by atoms with E-state index in [-0.39, 0.29) is 5.91 Å². The van der Waals surface area contributed by atoms with Gasteiger partial charge in [0.05, 0.1) is 10.2 Å². The minimum atomic E-state index is -0.131. The van der Waals surface area contributed by atoms with E-state index in [1.54, 1.807) is 6.20 Å². The Balaban J connectivity index is 1.80. The van der Waals surface area contributed by atoms with Crippen molar-refractivity contribution in [3.8, 4) is 11.1 Å². The number of nitrogens with zero attached hydrogens (tertiary/aromatic N) is 1. The summed E-state index contributed by atoms with van der Waals surface area (Å²) in [5.74, 6) is -0.131. The molecule has 2 aromatic heterocycles. The molecule has 4 aromatic rings. The number of nitrogens with one attached hydrogen (secondary N) is 2. The van der Waals surface area contributed by atoms with Gasteiger partial charge in [0.1, 0.15) is 0 Å². The van der Waals surface area contributed by atoms with Crippen LogP contribution in [0.25, 0.3) is 32.2 Å². The van der Waals surface area contributed by atoms with Crippen molar-refractivity contribution in [3.05, 3.63) is 48.2 Å². The Bertz CT molecular complexity index is 1090. The molecular weight excluding hydrogens is 322 g/mol. The van der Waals surface area contributed by atoms with Gasteiger partial charge in [-0.3, -0.25) is 9.59 Å². The molecule has 0 saturated carbocycles. The third-order valence-electron chi connectivity index (χ3n) is 3.85. The zero-order valence-corrected chi connectivity index (χ0v) is 13.6. The fourth-order valence-corrected chi connectivity index (χ4v) is 3.68. The van der Waals surface area contributed by atoms with Gasteiger partial charge in [-0.05, 0) is 35.4 Å². The van der Waals surface area contributed by atoms with Crippen molar-refractivity contribution in [1.29, 1.82) is 0 Å². The van der Waals surface area contributed by atoms with Crippen molar-refractivity contribution < 1.29 is 9.59 Å². The van der Waals surface area contributed by atoms with Crippen molar-refractivity contribution in [3.63, 3.8) is 0 Å². The summed E-state index contributed by atoms with van der Waals surface area (Å²) in [6.45, 7) is 1.47. The highest BCUT2D eigenvalue weighted by molar-refractivity contribution is 7.22. The van der Waals surface area contributed by atoms with Crippen LogP contribution in [-0.4, -0.2) is 22.2 Å². The number of rotatable bonds is 3. The lowest BCUT2D eigenvalue weighted by molar-refractivity contribution is -0.114. The molecule has 2 N–H and O–H groups in total. The highest BCUT2D eigenvalue weighted by Crippen LogP contribution is 2.32. The number of carbonyl (C=O) groups is 2. The molecule has 0 saturated heterocycles. The van der Waals surface area contributed by atoms with E-state index in [4.69, 9.17) is 0 Å². The lowest BCUT2D eigenvalue weighted by Gasteiger charge is -2.02. The Morgan fingerprint density at radius 3 is 2.79 bits per heavy atom. The van der Waals surface area contributed by atoms with Gasteiger partial charge in [-0.25, -0.2) is 4.98 Å². The molecule has 6 heteroatoms. The summed E-state index contributed by atoms with van der Waals surface area (Å²) in [7, 11) is 0. The standard InChI is InChI=1S/C18H13N3O2S/c1-10(23)20-18-21-16-5-3-12(7-17(16)24-18)11-2-4-15-14(6-11)13(9-22)8-19-15/h2-9,19H,1H3,(H,20,21,23). The van der Waals surface area contributed by atoms with Crippen LogP contribution in [0.3, 0.4) is 0 Å². The van der Waals surface area contributed by atoms with Gasteiger partial charge >= 0.3 is 0 Å². The fourth-order valence-electron chi connectivity index (χ4n) is 2.73. The summed E-state index contributed by atoms with van der Waals surface area (Å²) in [6.07, 6.45) is 2.57. The number of hydrogen-bond donors (Lipinski definition) is 2. The molecule has 1 amide bonds. The molecule has 0 bridgehead atoms. The predicted octanol–water partition coefficient (Wildman–Crippen LogP) is 4.22. The fraction of sp³-hybridized carbons (Fsp3) is 0.0556. The van der Waals surface area contributed by atoms with E-state index in [9.17, 15) is 9.59 Å². The topological polar surface area (TPSA) is 74.8 Å². The first-order valence-electron chi connectivity index (χ1n) is 7.39. The highest BCUT2D eigenvalue weighted by atomic mass is 32.1. The van der Waals surface area contributed by atoms with Gasteiger partial charge < -0.3 is 10.3 Å². The molecule has 0 aliphatic rings. The van der Waals surface area contributed by atoms with E-state index < -0.39 is 0 Å². The molecule has 0 fully saturated rings. The molecule has 4 rings (SSSR count). The van der Waals surface area contributed by atoms with Crippen LogP contribution in [0.1, 0.15) is 17.3 Å². The Hall–Kier alpha value is -2.99. The number of aromatic nitrogens is 2. The second-order valence-electron chi connectivity index (χ2n) is 5.50. The van der Waals surface area contributed by atoms with Gasteiger partial charge in [-0.1, -0.05) is 23.5 Å². The maximum Gasteiger partial charge on any atom is 0.223 e. The zero-order valence-electron chi connectivity index (χ0n) is 12.8. The number of thiazole rings is 1. The molecule has 0 aliphatic carbocycles. The van der Waals surface area contributed by atoms with Gasteiger partial charge in [0.2, 0.25) is 5.91 Å². The summed E-state index contributed by atoms with van der Waals surface area (Å²) in [4.78, 5) is 29.8. The molecule has 5 nitrogen and oxygen atoms in total. The van der Waals surface area contributed by atoms with Gasteiger partial charge in [-0.15, -0.1) is 0 Å². The number of benzene rings is 2. The molecule has 24 heavy (non-hydrogen) atoms. The average molecular weight is 335 g/mol. The van der Waals surface area contributed by atoms with Crippen LogP contribution < -0.4 is 5.32 Å². The summed E-state index contributed by atoms with van der Waals surface area (Å²) < 4.78 is 1.00. The molecular formula is C18H13N3O2S. The van der Waals surface area contributed by atoms with Crippen LogP contribution in [0.5, 0.6) is 0 Å². The maximum atomic E-state index is 11.2. The first-order valence-corrected chi connectivity index (χ1v) is 8.20. The summed E-state index contributed by atoms with van der Waals surface area (Å²) in [5, 5.41) is 4.22. The monoisotopic (exact) mass is 335 g/mol. The first-order chi connectivity index (χ1) is 11.6. The number of H-pyrrole nitrogens is 1. The van der Waals surface area contributed by atoms with Crippen molar-refractivity contribution in [2.45, 2.75) is 6.92 Å². The minimum absolute atomic E-state index is 0.131. The highest BCUT2D eigenvalue weighted by Gasteiger charge is 2.09. The third-order valence-corrected chi connectivity index (χ3v) is 4.78. The van der Waals surface area contributed by atoms with Crippen LogP contribution in [0.15, 0.2) is 42.6 Å². The van der Waals surface area contributed by atoms with E-state index in [0.717, 1.165) is 38.5 Å². The SMILES string of the molecule is CC(=O)Nc1nc2ccc(-c3ccc4[nH]cc(C=O)c4c3)cc2s1. The molecule has 2 aromatic carbocycles. The van der Waals surface area contributed by atoms with E-state index in [0.29, 0.717) is 10.7 Å². The zero-order chi connectivity index (χ0) is 16.7. The van der Waals surface area contributed by atoms with Crippen LogP contribution in [-0.2, 0) is 4.79 Å². The summed E-state index contributed by atoms with van der Waals surface area (Å²) in [5.41, 5.74) is 4.51. The van der Waals surface area contributed by atoms with Crippen molar-refractivity contribution in [1.82, 2.24) is 9.97 Å². The molecule has 0 aliphatic heterocycles. The normalized spacial score (nSPS) is 11.0. The largest absolute Gasteiger partial charge is 0.360 e. The second-order valence-corrected chi connectivity index (χ2v) is 6.54. The van der Waals surface area contributed by atoms with Crippen molar-refractivity contribution in [2.75, 3.05) is 5.32 Å². The molecule has 118 valence electrons. The number of aromatic amines is 1. The van der Waals surface area contributed by atoms with Gasteiger partial charge in [0.25, 0.3) is 0 Å². The van der Waals surface area contributed by atoms with Crippen molar-refractivity contribution in [2.24, 2.45) is 0 Å². The Labute approximate surface area is 141 Å². The van der Waals surface area contributed by atoms with Crippen LogP contribution >= 0.6 is 11.3 Å². The van der Waals surface area contributed by atoms with E-state index in [1.165, 1.54) is 18.3 Å². The Morgan fingerprint density at radius 1 is 1.21 bits per heavy atom. The average Bonchev–Trinajstić information content (AvgIpc) is 3.15. The second kappa shape index (κ2) is 5.58. The number of carbonyl (C=O) groups excluding carboxylic acids is 2. The van der Waals surface area contributed by atoms with Gasteiger partial charge in [0, 0.05) is 29.6 Å². The van der Waals surface area contributed by atoms with Crippen LogP contribution in [0.4, 0.5) is 5.13 Å². The van der Waals surface area contributed by atoms with Gasteiger partial charge in [-0.2, -0.15) is 0 Å². The summed E-state index contributed by atoms with van der Waals surface area (Å²) >= 11 is 1.44. The third kappa shape index (κ3) is 2.47. The minimum Gasteiger partial charge on any atom is -0.360 e. The predicted molar refractivity (Wildman–Crippen MR) is 96.6 cm³/mol. The van der Waals surface area contributed by atoms with Crippen LogP contribution in [0.2, 0.25) is 0 Å². The molecule has 0 spiro atoms. The maximum absolute atomic E-state index is 11.2. The Kier molecular flexibility index (Phi) is 3.39. The number of amides is 1.